The Morgan fingerprint density at radius 2 is 1.52 bits per heavy atom. The molecule has 1 N–H and O–H groups in total. The van der Waals surface area contributed by atoms with E-state index >= 15 is 0 Å². The normalized spacial score (nSPS) is 15.0. The molecule has 0 fully saturated rings. The van der Waals surface area contributed by atoms with E-state index in [1.54, 1.807) is 6.07 Å². The highest BCUT2D eigenvalue weighted by molar-refractivity contribution is 5.95. The molecular formula is C21H16O2. The van der Waals surface area contributed by atoms with Gasteiger partial charge in [-0.3, -0.25) is 0 Å². The van der Waals surface area contributed by atoms with Gasteiger partial charge in [-0.05, 0) is 40.3 Å². The van der Waals surface area contributed by atoms with Crippen molar-refractivity contribution in [3.8, 4) is 11.1 Å². The number of carbonyl (C=O) groups is 1. The molecule has 0 saturated carbocycles. The molecule has 2 heteroatoms. The van der Waals surface area contributed by atoms with Crippen molar-refractivity contribution in [2.45, 2.75) is 12.3 Å². The van der Waals surface area contributed by atoms with Crippen molar-refractivity contribution in [1.82, 2.24) is 0 Å². The third-order valence-corrected chi connectivity index (χ3v) is 4.59. The summed E-state index contributed by atoms with van der Waals surface area (Å²) in [5.41, 5.74) is 6.03. The van der Waals surface area contributed by atoms with E-state index in [1.807, 2.05) is 42.5 Å². The minimum atomic E-state index is -0.854. The van der Waals surface area contributed by atoms with Gasteiger partial charge in [-0.15, -0.1) is 0 Å². The third-order valence-electron chi connectivity index (χ3n) is 4.59. The van der Waals surface area contributed by atoms with Crippen molar-refractivity contribution in [1.29, 1.82) is 0 Å². The molecule has 1 aliphatic rings. The minimum absolute atomic E-state index is 0.0934. The zero-order chi connectivity index (χ0) is 15.8. The Labute approximate surface area is 135 Å². The molecule has 0 radical (unpaired) electrons. The number of hydrogen-bond acceptors (Lipinski definition) is 1. The summed E-state index contributed by atoms with van der Waals surface area (Å²) in [6.45, 7) is 0. The molecule has 1 atom stereocenters. The zero-order valence-corrected chi connectivity index (χ0v) is 12.6. The second-order valence-corrected chi connectivity index (χ2v) is 5.90. The molecule has 1 unspecified atom stereocenters. The predicted octanol–water partition coefficient (Wildman–Crippen LogP) is 4.74. The quantitative estimate of drug-likeness (QED) is 0.758. The molecule has 3 aromatic rings. The van der Waals surface area contributed by atoms with Crippen LogP contribution in [-0.4, -0.2) is 11.1 Å². The summed E-state index contributed by atoms with van der Waals surface area (Å²) in [6.07, 6.45) is 0.815. The van der Waals surface area contributed by atoms with Crippen LogP contribution < -0.4 is 0 Å². The van der Waals surface area contributed by atoms with Crippen LogP contribution in [0.4, 0.5) is 0 Å². The second-order valence-electron chi connectivity index (χ2n) is 5.90. The fourth-order valence-corrected chi connectivity index (χ4v) is 3.63. The van der Waals surface area contributed by atoms with Crippen molar-refractivity contribution >= 4 is 5.97 Å². The number of rotatable bonds is 3. The number of hydrogen-bond donors (Lipinski definition) is 1. The van der Waals surface area contributed by atoms with Gasteiger partial charge in [-0.2, -0.15) is 0 Å². The summed E-state index contributed by atoms with van der Waals surface area (Å²) >= 11 is 0. The molecule has 3 aromatic carbocycles. The maximum Gasteiger partial charge on any atom is 0.336 e. The number of fused-ring (bicyclic) bond motifs is 3. The molecule has 0 saturated heterocycles. The van der Waals surface area contributed by atoms with Gasteiger partial charge in [-0.1, -0.05) is 66.7 Å². The maximum absolute atomic E-state index is 11.7. The lowest BCUT2D eigenvalue weighted by Crippen LogP contribution is -2.08. The molecule has 23 heavy (non-hydrogen) atoms. The smallest absolute Gasteiger partial charge is 0.336 e. The molecule has 2 nitrogen and oxygen atoms in total. The fourth-order valence-electron chi connectivity index (χ4n) is 3.63. The van der Waals surface area contributed by atoms with Crippen LogP contribution in [0.2, 0.25) is 0 Å². The standard InChI is InChI=1S/C21H16O2/c22-21(23)18-12-6-11-17-15-9-4-5-10-16(15)19(20(17)18)13-14-7-2-1-3-8-14/h1-12,19H,13H2,(H,22,23). The van der Waals surface area contributed by atoms with Gasteiger partial charge in [0.05, 0.1) is 5.56 Å². The van der Waals surface area contributed by atoms with Gasteiger partial charge in [0, 0.05) is 5.92 Å². The highest BCUT2D eigenvalue weighted by atomic mass is 16.4. The Hall–Kier alpha value is -2.87. The summed E-state index contributed by atoms with van der Waals surface area (Å²) in [6, 6.07) is 24.1. The van der Waals surface area contributed by atoms with E-state index in [0.29, 0.717) is 5.56 Å². The molecule has 0 amide bonds. The van der Waals surface area contributed by atoms with Gasteiger partial charge < -0.3 is 5.11 Å². The van der Waals surface area contributed by atoms with Crippen LogP contribution in [0.25, 0.3) is 11.1 Å². The van der Waals surface area contributed by atoms with Gasteiger partial charge >= 0.3 is 5.97 Å². The lowest BCUT2D eigenvalue weighted by atomic mass is 9.87. The van der Waals surface area contributed by atoms with Crippen molar-refractivity contribution in [3.63, 3.8) is 0 Å². The van der Waals surface area contributed by atoms with Crippen LogP contribution in [0.15, 0.2) is 72.8 Å². The maximum atomic E-state index is 11.7. The summed E-state index contributed by atoms with van der Waals surface area (Å²) in [5.74, 6) is -0.761. The van der Waals surface area contributed by atoms with E-state index < -0.39 is 5.97 Å². The zero-order valence-electron chi connectivity index (χ0n) is 12.6. The topological polar surface area (TPSA) is 37.3 Å². The highest BCUT2D eigenvalue weighted by Crippen LogP contribution is 2.47. The Kier molecular flexibility index (Phi) is 3.23. The van der Waals surface area contributed by atoms with Crippen molar-refractivity contribution in [3.05, 3.63) is 95.1 Å². The van der Waals surface area contributed by atoms with Gasteiger partial charge in [0.2, 0.25) is 0 Å². The Morgan fingerprint density at radius 3 is 2.30 bits per heavy atom. The van der Waals surface area contributed by atoms with E-state index in [0.717, 1.165) is 23.1 Å². The van der Waals surface area contributed by atoms with Crippen LogP contribution in [0.5, 0.6) is 0 Å². The van der Waals surface area contributed by atoms with E-state index in [9.17, 15) is 9.90 Å². The number of carboxylic acid groups (broad SMARTS) is 1. The summed E-state index contributed by atoms with van der Waals surface area (Å²) in [4.78, 5) is 11.7. The van der Waals surface area contributed by atoms with Crippen LogP contribution in [0, 0.1) is 0 Å². The Morgan fingerprint density at radius 1 is 0.826 bits per heavy atom. The Bertz CT molecular complexity index is 881. The minimum Gasteiger partial charge on any atom is -0.478 e. The molecule has 0 aromatic heterocycles. The largest absolute Gasteiger partial charge is 0.478 e. The van der Waals surface area contributed by atoms with Crippen LogP contribution in [0.1, 0.15) is 33.0 Å². The van der Waals surface area contributed by atoms with E-state index in [4.69, 9.17) is 0 Å². The highest BCUT2D eigenvalue weighted by Gasteiger charge is 2.32. The Balaban J connectivity index is 1.91. The SMILES string of the molecule is O=C(O)c1cccc2c1C(Cc1ccccc1)c1ccccc1-2. The fraction of sp³-hybridized carbons (Fsp3) is 0.0952. The predicted molar refractivity (Wildman–Crippen MR) is 90.8 cm³/mol. The first-order valence-electron chi connectivity index (χ1n) is 7.75. The summed E-state index contributed by atoms with van der Waals surface area (Å²) < 4.78 is 0. The molecule has 4 rings (SSSR count). The van der Waals surface area contributed by atoms with Crippen LogP contribution in [0.3, 0.4) is 0 Å². The van der Waals surface area contributed by atoms with Crippen LogP contribution >= 0.6 is 0 Å². The third kappa shape index (κ3) is 2.23. The number of benzene rings is 3. The van der Waals surface area contributed by atoms with Gasteiger partial charge in [-0.25, -0.2) is 4.79 Å². The first-order valence-corrected chi connectivity index (χ1v) is 7.75. The van der Waals surface area contributed by atoms with Gasteiger partial charge in [0.25, 0.3) is 0 Å². The van der Waals surface area contributed by atoms with E-state index in [2.05, 4.69) is 24.3 Å². The second kappa shape index (κ2) is 5.40. The van der Waals surface area contributed by atoms with Crippen molar-refractivity contribution < 1.29 is 9.90 Å². The number of carboxylic acids is 1. The van der Waals surface area contributed by atoms with Crippen molar-refractivity contribution in [2.75, 3.05) is 0 Å². The lowest BCUT2D eigenvalue weighted by molar-refractivity contribution is 0.0695. The van der Waals surface area contributed by atoms with E-state index in [1.165, 1.54) is 11.1 Å². The average molecular weight is 300 g/mol. The van der Waals surface area contributed by atoms with Crippen LogP contribution in [-0.2, 0) is 6.42 Å². The molecule has 0 spiro atoms. The molecule has 0 heterocycles. The van der Waals surface area contributed by atoms with Crippen molar-refractivity contribution in [2.24, 2.45) is 0 Å². The molecule has 1 aliphatic carbocycles. The molecular weight excluding hydrogens is 284 g/mol. The first kappa shape index (κ1) is 13.8. The van der Waals surface area contributed by atoms with Gasteiger partial charge in [0.1, 0.15) is 0 Å². The average Bonchev–Trinajstić information content (AvgIpc) is 2.90. The van der Waals surface area contributed by atoms with Gasteiger partial charge in [0.15, 0.2) is 0 Å². The molecule has 0 bridgehead atoms. The first-order chi connectivity index (χ1) is 11.3. The molecule has 0 aliphatic heterocycles. The van der Waals surface area contributed by atoms with E-state index in [-0.39, 0.29) is 5.92 Å². The monoisotopic (exact) mass is 300 g/mol. The molecule has 112 valence electrons. The lowest BCUT2D eigenvalue weighted by Gasteiger charge is -2.15. The summed E-state index contributed by atoms with van der Waals surface area (Å²) in [7, 11) is 0. The number of aromatic carboxylic acids is 1. The summed E-state index contributed by atoms with van der Waals surface area (Å²) in [5, 5.41) is 9.61.